The van der Waals surface area contributed by atoms with E-state index in [0.29, 0.717) is 38.6 Å². The van der Waals surface area contributed by atoms with Crippen LogP contribution in [-0.4, -0.2) is 29.4 Å². The molecule has 18 heavy (non-hydrogen) atoms. The van der Waals surface area contributed by atoms with Gasteiger partial charge in [-0.15, -0.1) is 0 Å². The second-order valence-electron chi connectivity index (χ2n) is 4.60. The van der Waals surface area contributed by atoms with Gasteiger partial charge in [0.15, 0.2) is 5.84 Å². The first-order valence-corrected chi connectivity index (χ1v) is 6.07. The highest BCUT2D eigenvalue weighted by atomic mass is 16.4. The molecule has 2 amide bonds. The highest BCUT2D eigenvalue weighted by molar-refractivity contribution is 6.07. The zero-order valence-electron chi connectivity index (χ0n) is 10.3. The number of carbonyl (C=O) groups excluding carboxylic acids is 2. The molecule has 7 heteroatoms. The SMILES string of the molecule is NC(=O)CCCCNC(=O)C1(C(N)=NO)CCC1. The number of nitrogens with two attached hydrogens (primary N) is 2. The largest absolute Gasteiger partial charge is 0.409 e. The van der Waals surface area contributed by atoms with Gasteiger partial charge in [0.1, 0.15) is 5.41 Å². The van der Waals surface area contributed by atoms with E-state index >= 15 is 0 Å². The highest BCUT2D eigenvalue weighted by Gasteiger charge is 2.48. The van der Waals surface area contributed by atoms with E-state index in [1.807, 2.05) is 0 Å². The molecule has 102 valence electrons. The molecule has 1 rings (SSSR count). The van der Waals surface area contributed by atoms with Crippen LogP contribution in [-0.2, 0) is 9.59 Å². The van der Waals surface area contributed by atoms with Crippen molar-refractivity contribution in [3.63, 3.8) is 0 Å². The van der Waals surface area contributed by atoms with E-state index in [0.717, 1.165) is 6.42 Å². The summed E-state index contributed by atoms with van der Waals surface area (Å²) in [6, 6.07) is 0. The minimum atomic E-state index is -0.835. The van der Waals surface area contributed by atoms with Crippen LogP contribution in [0.25, 0.3) is 0 Å². The fourth-order valence-electron chi connectivity index (χ4n) is 2.02. The number of carbonyl (C=O) groups is 2. The van der Waals surface area contributed by atoms with Crippen LogP contribution in [0.3, 0.4) is 0 Å². The Labute approximate surface area is 106 Å². The Morgan fingerprint density at radius 1 is 1.28 bits per heavy atom. The fraction of sp³-hybridized carbons (Fsp3) is 0.727. The van der Waals surface area contributed by atoms with Crippen LogP contribution < -0.4 is 16.8 Å². The van der Waals surface area contributed by atoms with Crippen molar-refractivity contribution in [2.75, 3.05) is 6.54 Å². The molecule has 0 atom stereocenters. The molecular formula is C11H20N4O3. The van der Waals surface area contributed by atoms with Crippen LogP contribution in [0, 0.1) is 5.41 Å². The molecule has 0 aromatic heterocycles. The summed E-state index contributed by atoms with van der Waals surface area (Å²) in [6.07, 6.45) is 3.76. The number of amides is 2. The minimum Gasteiger partial charge on any atom is -0.409 e. The molecule has 0 radical (unpaired) electrons. The van der Waals surface area contributed by atoms with Gasteiger partial charge in [0.2, 0.25) is 11.8 Å². The Morgan fingerprint density at radius 2 is 1.94 bits per heavy atom. The maximum absolute atomic E-state index is 12.0. The lowest BCUT2D eigenvalue weighted by molar-refractivity contribution is -0.131. The van der Waals surface area contributed by atoms with Crippen LogP contribution >= 0.6 is 0 Å². The molecule has 1 saturated carbocycles. The smallest absolute Gasteiger partial charge is 0.233 e. The normalized spacial score (nSPS) is 17.9. The number of rotatable bonds is 7. The summed E-state index contributed by atoms with van der Waals surface area (Å²) in [5.74, 6) is -0.569. The summed E-state index contributed by atoms with van der Waals surface area (Å²) in [4.78, 5) is 22.5. The third-order valence-corrected chi connectivity index (χ3v) is 3.38. The van der Waals surface area contributed by atoms with Gasteiger partial charge < -0.3 is 22.0 Å². The highest BCUT2D eigenvalue weighted by Crippen LogP contribution is 2.41. The summed E-state index contributed by atoms with van der Waals surface area (Å²) in [6.45, 7) is 0.465. The summed E-state index contributed by atoms with van der Waals surface area (Å²) < 4.78 is 0. The predicted molar refractivity (Wildman–Crippen MR) is 65.7 cm³/mol. The summed E-state index contributed by atoms with van der Waals surface area (Å²) >= 11 is 0. The maximum Gasteiger partial charge on any atom is 0.233 e. The average molecular weight is 256 g/mol. The molecule has 1 aliphatic carbocycles. The topological polar surface area (TPSA) is 131 Å². The number of primary amides is 1. The molecule has 0 aromatic carbocycles. The summed E-state index contributed by atoms with van der Waals surface area (Å²) in [7, 11) is 0. The number of hydrogen-bond acceptors (Lipinski definition) is 4. The summed E-state index contributed by atoms with van der Waals surface area (Å²) in [5.41, 5.74) is 9.73. The van der Waals surface area contributed by atoms with E-state index < -0.39 is 5.41 Å². The van der Waals surface area contributed by atoms with Crippen molar-refractivity contribution in [1.82, 2.24) is 5.32 Å². The molecule has 1 fully saturated rings. The lowest BCUT2D eigenvalue weighted by atomic mass is 9.67. The zero-order valence-corrected chi connectivity index (χ0v) is 10.3. The van der Waals surface area contributed by atoms with Gasteiger partial charge in [-0.05, 0) is 25.7 Å². The molecule has 0 unspecified atom stereocenters. The zero-order chi connectivity index (χ0) is 13.6. The van der Waals surface area contributed by atoms with Gasteiger partial charge >= 0.3 is 0 Å². The second kappa shape index (κ2) is 6.23. The Morgan fingerprint density at radius 3 is 2.39 bits per heavy atom. The van der Waals surface area contributed by atoms with Gasteiger partial charge in [-0.3, -0.25) is 9.59 Å². The van der Waals surface area contributed by atoms with E-state index in [4.69, 9.17) is 16.7 Å². The third-order valence-electron chi connectivity index (χ3n) is 3.38. The molecule has 0 saturated heterocycles. The van der Waals surface area contributed by atoms with Gasteiger partial charge in [-0.25, -0.2) is 0 Å². The molecule has 1 aliphatic rings. The quantitative estimate of drug-likeness (QED) is 0.163. The van der Waals surface area contributed by atoms with Crippen molar-refractivity contribution in [2.45, 2.75) is 38.5 Å². The number of nitrogens with one attached hydrogen (secondary N) is 1. The van der Waals surface area contributed by atoms with Gasteiger partial charge in [-0.1, -0.05) is 11.6 Å². The van der Waals surface area contributed by atoms with Crippen molar-refractivity contribution < 1.29 is 14.8 Å². The number of amidine groups is 1. The first-order valence-electron chi connectivity index (χ1n) is 6.07. The van der Waals surface area contributed by atoms with E-state index in [2.05, 4.69) is 10.5 Å². The van der Waals surface area contributed by atoms with Crippen LogP contribution in [0.15, 0.2) is 5.16 Å². The Hall–Kier alpha value is -1.79. The first kappa shape index (κ1) is 14.3. The third kappa shape index (κ3) is 3.12. The van der Waals surface area contributed by atoms with E-state index in [1.165, 1.54) is 0 Å². The fourth-order valence-corrected chi connectivity index (χ4v) is 2.02. The predicted octanol–water partition coefficient (Wildman–Crippen LogP) is -0.325. The van der Waals surface area contributed by atoms with E-state index in [1.54, 1.807) is 0 Å². The monoisotopic (exact) mass is 256 g/mol. The van der Waals surface area contributed by atoms with Crippen LogP contribution in [0.5, 0.6) is 0 Å². The molecule has 6 N–H and O–H groups in total. The first-order chi connectivity index (χ1) is 8.53. The van der Waals surface area contributed by atoms with Gasteiger partial charge in [0.05, 0.1) is 0 Å². The van der Waals surface area contributed by atoms with Crippen molar-refractivity contribution in [3.05, 3.63) is 0 Å². The van der Waals surface area contributed by atoms with Crippen molar-refractivity contribution in [1.29, 1.82) is 0 Å². The average Bonchev–Trinajstić information content (AvgIpc) is 2.26. The maximum atomic E-state index is 12.0. The molecule has 0 spiro atoms. The second-order valence-corrected chi connectivity index (χ2v) is 4.60. The Bertz CT molecular complexity index is 350. The van der Waals surface area contributed by atoms with Gasteiger partial charge in [0.25, 0.3) is 0 Å². The molecule has 7 nitrogen and oxygen atoms in total. The minimum absolute atomic E-state index is 0.0246. The van der Waals surface area contributed by atoms with E-state index in [-0.39, 0.29) is 17.6 Å². The Kier molecular flexibility index (Phi) is 4.94. The number of hydrogen-bond donors (Lipinski definition) is 4. The standard InChI is InChI=1S/C11H20N4O3/c12-8(16)4-1-2-7-14-10(17)11(5-3-6-11)9(13)15-18/h18H,1-7H2,(H2,12,16)(H2,13,15)(H,14,17). The molecule has 0 aromatic rings. The van der Waals surface area contributed by atoms with Crippen LogP contribution in [0.2, 0.25) is 0 Å². The van der Waals surface area contributed by atoms with E-state index in [9.17, 15) is 9.59 Å². The van der Waals surface area contributed by atoms with Crippen molar-refractivity contribution in [3.8, 4) is 0 Å². The van der Waals surface area contributed by atoms with Gasteiger partial charge in [-0.2, -0.15) is 0 Å². The summed E-state index contributed by atoms with van der Waals surface area (Å²) in [5, 5.41) is 14.4. The van der Waals surface area contributed by atoms with Gasteiger partial charge in [0, 0.05) is 13.0 Å². The van der Waals surface area contributed by atoms with Crippen molar-refractivity contribution in [2.24, 2.45) is 22.0 Å². The number of unbranched alkanes of at least 4 members (excludes halogenated alkanes) is 1. The van der Waals surface area contributed by atoms with Crippen LogP contribution in [0.4, 0.5) is 0 Å². The Balaban J connectivity index is 2.34. The lowest BCUT2D eigenvalue weighted by Crippen LogP contribution is -2.54. The number of nitrogens with zero attached hydrogens (tertiary/aromatic N) is 1. The number of oxime groups is 1. The molecule has 0 aliphatic heterocycles. The molecule has 0 bridgehead atoms. The van der Waals surface area contributed by atoms with Crippen molar-refractivity contribution >= 4 is 17.6 Å². The molecule has 0 heterocycles. The molecular weight excluding hydrogens is 236 g/mol. The lowest BCUT2D eigenvalue weighted by Gasteiger charge is -2.38. The van der Waals surface area contributed by atoms with Crippen LogP contribution in [0.1, 0.15) is 38.5 Å².